The van der Waals surface area contributed by atoms with Crippen LogP contribution in [0, 0.1) is 5.82 Å². The average molecular weight is 525 g/mol. The average Bonchev–Trinajstić information content (AvgIpc) is 2.88. The van der Waals surface area contributed by atoms with Gasteiger partial charge in [0.2, 0.25) is 5.96 Å². The summed E-state index contributed by atoms with van der Waals surface area (Å²) in [6.07, 6.45) is 1.62. The number of hydrogen-bond donors (Lipinski definition) is 2. The first-order valence-corrected chi connectivity index (χ1v) is 12.6. The van der Waals surface area contributed by atoms with Gasteiger partial charge < -0.3 is 15.8 Å². The second-order valence-electron chi connectivity index (χ2n) is 7.71. The number of nitrogens with zero attached hydrogens (tertiary/aromatic N) is 2. The van der Waals surface area contributed by atoms with Crippen molar-refractivity contribution in [2.45, 2.75) is 11.4 Å². The van der Waals surface area contributed by atoms with Crippen LogP contribution in [0.1, 0.15) is 5.56 Å². The topological polar surface area (TPSA) is 107 Å². The third-order valence-electron chi connectivity index (χ3n) is 5.26. The van der Waals surface area contributed by atoms with Crippen molar-refractivity contribution < 1.29 is 17.5 Å². The lowest BCUT2D eigenvalue weighted by Crippen LogP contribution is -2.32. The molecule has 0 radical (unpaired) electrons. The number of benzene rings is 3. The fourth-order valence-electron chi connectivity index (χ4n) is 3.50. The molecule has 0 unspecified atom stereocenters. The fraction of sp³-hybridized carbons (Fsp3) is 0.0769. The van der Waals surface area contributed by atoms with E-state index in [-0.39, 0.29) is 23.1 Å². The number of halogens is 2. The van der Waals surface area contributed by atoms with E-state index in [1.807, 2.05) is 18.2 Å². The van der Waals surface area contributed by atoms with Crippen molar-refractivity contribution in [1.29, 1.82) is 0 Å². The highest BCUT2D eigenvalue weighted by molar-refractivity contribution is 7.90. The fourth-order valence-corrected chi connectivity index (χ4v) is 4.55. The third kappa shape index (κ3) is 5.81. The largest absolute Gasteiger partial charge is 0.494 e. The van der Waals surface area contributed by atoms with Gasteiger partial charge in [0.1, 0.15) is 0 Å². The lowest BCUT2D eigenvalue weighted by atomic mass is 9.97. The number of guanidine groups is 1. The molecule has 0 aliphatic heterocycles. The Balaban J connectivity index is 1.65. The van der Waals surface area contributed by atoms with Crippen LogP contribution in [-0.2, 0) is 16.6 Å². The summed E-state index contributed by atoms with van der Waals surface area (Å²) >= 11 is 6.03. The smallest absolute Gasteiger partial charge is 0.285 e. The molecule has 184 valence electrons. The molecule has 4 aromatic rings. The van der Waals surface area contributed by atoms with Crippen molar-refractivity contribution in [3.63, 3.8) is 0 Å². The van der Waals surface area contributed by atoms with E-state index in [1.165, 1.54) is 25.3 Å². The van der Waals surface area contributed by atoms with E-state index < -0.39 is 15.8 Å². The van der Waals surface area contributed by atoms with Crippen molar-refractivity contribution >= 4 is 27.6 Å². The zero-order valence-corrected chi connectivity index (χ0v) is 20.7. The van der Waals surface area contributed by atoms with E-state index >= 15 is 0 Å². The first kappa shape index (κ1) is 25.2. The van der Waals surface area contributed by atoms with E-state index in [0.29, 0.717) is 27.4 Å². The van der Waals surface area contributed by atoms with Crippen LogP contribution in [0.3, 0.4) is 0 Å². The van der Waals surface area contributed by atoms with Crippen molar-refractivity contribution in [3.05, 3.63) is 101 Å². The number of ether oxygens (including phenoxy) is 1. The molecule has 0 spiro atoms. The quantitative estimate of drug-likeness (QED) is 0.260. The van der Waals surface area contributed by atoms with Gasteiger partial charge in [0.15, 0.2) is 11.6 Å². The Labute approximate surface area is 213 Å². The number of sulfonamides is 1. The van der Waals surface area contributed by atoms with Gasteiger partial charge in [-0.25, -0.2) is 4.39 Å². The molecule has 0 saturated heterocycles. The Hall–Kier alpha value is -3.95. The molecule has 10 heteroatoms. The predicted molar refractivity (Wildman–Crippen MR) is 139 cm³/mol. The third-order valence-corrected chi connectivity index (χ3v) is 6.81. The van der Waals surface area contributed by atoms with Crippen LogP contribution in [0.25, 0.3) is 22.4 Å². The minimum absolute atomic E-state index is 0.0348. The molecule has 7 nitrogen and oxygen atoms in total. The number of nitrogens with one attached hydrogen (secondary N) is 1. The summed E-state index contributed by atoms with van der Waals surface area (Å²) < 4.78 is 48.0. The number of rotatable bonds is 7. The van der Waals surface area contributed by atoms with Gasteiger partial charge in [-0.2, -0.15) is 8.42 Å². The summed E-state index contributed by atoms with van der Waals surface area (Å²) in [5, 5.41) is 3.38. The van der Waals surface area contributed by atoms with Crippen LogP contribution in [0.5, 0.6) is 5.75 Å². The van der Waals surface area contributed by atoms with Gasteiger partial charge in [0.25, 0.3) is 10.0 Å². The van der Waals surface area contributed by atoms with Crippen molar-refractivity contribution in [2.24, 2.45) is 10.1 Å². The van der Waals surface area contributed by atoms with E-state index in [0.717, 1.165) is 5.56 Å². The molecular weight excluding hydrogens is 503 g/mol. The van der Waals surface area contributed by atoms with E-state index in [4.69, 9.17) is 22.1 Å². The first-order chi connectivity index (χ1) is 17.3. The van der Waals surface area contributed by atoms with Crippen LogP contribution < -0.4 is 15.8 Å². The van der Waals surface area contributed by atoms with E-state index in [2.05, 4.69) is 14.7 Å². The Morgan fingerprint density at radius 1 is 1.06 bits per heavy atom. The number of methoxy groups -OCH3 is 1. The van der Waals surface area contributed by atoms with Crippen LogP contribution in [0.2, 0.25) is 5.02 Å². The van der Waals surface area contributed by atoms with Crippen LogP contribution >= 0.6 is 11.6 Å². The molecule has 0 fully saturated rings. The summed E-state index contributed by atoms with van der Waals surface area (Å²) in [5.41, 5.74) is 9.17. The van der Waals surface area contributed by atoms with Gasteiger partial charge in [-0.3, -0.25) is 4.98 Å². The number of pyridine rings is 1. The SMILES string of the molecule is COc1ccc(-c2cc(CN/C(N)=N/S(=O)(=O)c3ccccc3)cnc2-c2ccc(Cl)cc2)cc1F. The lowest BCUT2D eigenvalue weighted by molar-refractivity contribution is 0.386. The molecule has 3 N–H and O–H groups in total. The maximum absolute atomic E-state index is 14.5. The molecule has 0 bridgehead atoms. The molecule has 1 heterocycles. The molecule has 0 aliphatic carbocycles. The van der Waals surface area contributed by atoms with Gasteiger partial charge in [-0.05, 0) is 53.6 Å². The van der Waals surface area contributed by atoms with Gasteiger partial charge in [-0.1, -0.05) is 48.0 Å². The van der Waals surface area contributed by atoms with Gasteiger partial charge in [-0.15, -0.1) is 4.40 Å². The number of nitrogens with two attached hydrogens (primary N) is 1. The molecular formula is C26H22ClFN4O3S. The highest BCUT2D eigenvalue weighted by Crippen LogP contribution is 2.33. The normalized spacial score (nSPS) is 11.8. The van der Waals surface area contributed by atoms with Crippen molar-refractivity contribution in [2.75, 3.05) is 7.11 Å². The minimum atomic E-state index is -3.95. The lowest BCUT2D eigenvalue weighted by Gasteiger charge is -2.13. The summed E-state index contributed by atoms with van der Waals surface area (Å²) in [5.74, 6) is -0.651. The van der Waals surface area contributed by atoms with E-state index in [9.17, 15) is 12.8 Å². The second kappa shape index (κ2) is 10.8. The summed E-state index contributed by atoms with van der Waals surface area (Å²) in [4.78, 5) is 4.63. The minimum Gasteiger partial charge on any atom is -0.494 e. The zero-order chi connectivity index (χ0) is 25.7. The summed E-state index contributed by atoms with van der Waals surface area (Å²) in [6, 6.07) is 21.4. The summed E-state index contributed by atoms with van der Waals surface area (Å²) in [7, 11) is -2.55. The number of aromatic nitrogens is 1. The maximum Gasteiger partial charge on any atom is 0.285 e. The van der Waals surface area contributed by atoms with Gasteiger partial charge >= 0.3 is 0 Å². The first-order valence-electron chi connectivity index (χ1n) is 10.7. The Kier molecular flexibility index (Phi) is 7.52. The van der Waals surface area contributed by atoms with Crippen LogP contribution in [-0.4, -0.2) is 26.5 Å². The maximum atomic E-state index is 14.5. The second-order valence-corrected chi connectivity index (χ2v) is 9.75. The Bertz CT molecular complexity index is 1510. The highest BCUT2D eigenvalue weighted by atomic mass is 35.5. The molecule has 0 saturated carbocycles. The number of hydrogen-bond acceptors (Lipinski definition) is 4. The molecule has 1 aromatic heterocycles. The monoisotopic (exact) mass is 524 g/mol. The van der Waals surface area contributed by atoms with Crippen LogP contribution in [0.15, 0.2) is 94.4 Å². The van der Waals surface area contributed by atoms with E-state index in [1.54, 1.807) is 48.7 Å². The van der Waals surface area contributed by atoms with Crippen LogP contribution in [0.4, 0.5) is 4.39 Å². The Morgan fingerprint density at radius 3 is 2.42 bits per heavy atom. The van der Waals surface area contributed by atoms with Crippen molar-refractivity contribution in [3.8, 4) is 28.1 Å². The molecule has 4 rings (SSSR count). The van der Waals surface area contributed by atoms with Gasteiger partial charge in [0, 0.05) is 28.9 Å². The Morgan fingerprint density at radius 2 is 1.75 bits per heavy atom. The standard InChI is InChI=1S/C26H22ClFN4O3S/c1-35-24-12-9-19(14-23(24)28)22-13-17(15-30-25(22)18-7-10-20(27)11-8-18)16-31-26(29)32-36(33,34)21-5-3-2-4-6-21/h2-15H,16H2,1H3,(H3,29,31,32). The zero-order valence-electron chi connectivity index (χ0n) is 19.2. The molecule has 36 heavy (non-hydrogen) atoms. The summed E-state index contributed by atoms with van der Waals surface area (Å²) in [6.45, 7) is 0.138. The molecule has 0 aliphatic rings. The molecule has 0 amide bonds. The molecule has 3 aromatic carbocycles. The van der Waals surface area contributed by atoms with Crippen molar-refractivity contribution in [1.82, 2.24) is 10.3 Å². The molecule has 0 atom stereocenters. The predicted octanol–water partition coefficient (Wildman–Crippen LogP) is 5.01. The highest BCUT2D eigenvalue weighted by Gasteiger charge is 2.15. The van der Waals surface area contributed by atoms with Gasteiger partial charge in [0.05, 0.1) is 17.7 Å².